The summed E-state index contributed by atoms with van der Waals surface area (Å²) in [5, 5.41) is 3.61. The first-order valence-corrected chi connectivity index (χ1v) is 8.07. The highest BCUT2D eigenvalue weighted by Crippen LogP contribution is 2.36. The van der Waals surface area contributed by atoms with Crippen molar-refractivity contribution in [2.45, 2.75) is 59.0 Å². The predicted molar refractivity (Wildman–Crippen MR) is 82.6 cm³/mol. The molecule has 0 bridgehead atoms. The van der Waals surface area contributed by atoms with Crippen LogP contribution in [0.5, 0.6) is 0 Å². The minimum Gasteiger partial charge on any atom is -0.383 e. The van der Waals surface area contributed by atoms with Crippen LogP contribution in [-0.2, 0) is 4.74 Å². The van der Waals surface area contributed by atoms with E-state index < -0.39 is 0 Å². The summed E-state index contributed by atoms with van der Waals surface area (Å²) in [7, 11) is 1.81. The van der Waals surface area contributed by atoms with E-state index in [2.05, 4.69) is 37.9 Å². The second-order valence-corrected chi connectivity index (χ2v) is 6.32. The van der Waals surface area contributed by atoms with E-state index in [0.717, 1.165) is 32.2 Å². The Balaban J connectivity index is 2.59. The summed E-state index contributed by atoms with van der Waals surface area (Å²) >= 11 is 0. The van der Waals surface area contributed by atoms with Gasteiger partial charge in [0.2, 0.25) is 0 Å². The maximum absolute atomic E-state index is 5.32. The van der Waals surface area contributed by atoms with E-state index in [1.54, 1.807) is 7.11 Å². The normalized spacial score (nSPS) is 19.1. The number of nitrogens with zero attached hydrogens (tertiary/aromatic N) is 1. The molecule has 19 heavy (non-hydrogen) atoms. The summed E-state index contributed by atoms with van der Waals surface area (Å²) in [6, 6.07) is 1.32. The van der Waals surface area contributed by atoms with Gasteiger partial charge in [0.1, 0.15) is 0 Å². The van der Waals surface area contributed by atoms with Gasteiger partial charge in [-0.2, -0.15) is 0 Å². The Morgan fingerprint density at radius 1 is 1.26 bits per heavy atom. The summed E-state index contributed by atoms with van der Waals surface area (Å²) in [5.74, 6) is 1.60. The summed E-state index contributed by atoms with van der Waals surface area (Å²) < 4.78 is 5.32. The van der Waals surface area contributed by atoms with Crippen molar-refractivity contribution >= 4 is 0 Å². The number of methoxy groups -OCH3 is 1. The summed E-state index contributed by atoms with van der Waals surface area (Å²) in [4.78, 5) is 2.69. The second kappa shape index (κ2) is 8.93. The first-order chi connectivity index (χ1) is 9.11. The minimum absolute atomic E-state index is 0.622. The van der Waals surface area contributed by atoms with E-state index in [-0.39, 0.29) is 0 Å². The molecule has 1 aliphatic carbocycles. The molecule has 0 aromatic heterocycles. The number of ether oxygens (including phenoxy) is 1. The predicted octanol–water partition coefficient (Wildman–Crippen LogP) is 2.76. The molecular weight excluding hydrogens is 236 g/mol. The average molecular weight is 270 g/mol. The highest BCUT2D eigenvalue weighted by molar-refractivity contribution is 4.90. The van der Waals surface area contributed by atoms with E-state index >= 15 is 0 Å². The van der Waals surface area contributed by atoms with Gasteiger partial charge in [-0.05, 0) is 44.6 Å². The third-order valence-corrected chi connectivity index (χ3v) is 4.36. The first kappa shape index (κ1) is 16.9. The van der Waals surface area contributed by atoms with Gasteiger partial charge in [0.05, 0.1) is 6.61 Å². The number of nitrogens with one attached hydrogen (secondary N) is 1. The summed E-state index contributed by atoms with van der Waals surface area (Å²) in [6.45, 7) is 13.5. The molecule has 2 unspecified atom stereocenters. The molecule has 1 aliphatic rings. The van der Waals surface area contributed by atoms with Crippen molar-refractivity contribution in [3.63, 3.8) is 0 Å². The zero-order valence-corrected chi connectivity index (χ0v) is 13.6. The van der Waals surface area contributed by atoms with Crippen molar-refractivity contribution in [3.8, 4) is 0 Å². The lowest BCUT2D eigenvalue weighted by Gasteiger charge is -2.39. The topological polar surface area (TPSA) is 24.5 Å². The van der Waals surface area contributed by atoms with Crippen LogP contribution in [-0.4, -0.2) is 50.3 Å². The molecule has 3 heteroatoms. The Kier molecular flexibility index (Phi) is 7.96. The van der Waals surface area contributed by atoms with Gasteiger partial charge in [0, 0.05) is 32.3 Å². The van der Waals surface area contributed by atoms with Crippen LogP contribution in [0.1, 0.15) is 47.0 Å². The van der Waals surface area contributed by atoms with Crippen LogP contribution in [0.2, 0.25) is 0 Å². The Bertz CT molecular complexity index is 229. The maximum atomic E-state index is 5.32. The molecule has 2 atom stereocenters. The molecule has 0 aromatic rings. The third kappa shape index (κ3) is 5.80. The fourth-order valence-corrected chi connectivity index (χ4v) is 2.88. The molecule has 1 rings (SSSR count). The van der Waals surface area contributed by atoms with Crippen LogP contribution in [0, 0.1) is 11.8 Å². The Morgan fingerprint density at radius 2 is 1.95 bits per heavy atom. The molecule has 0 amide bonds. The van der Waals surface area contributed by atoms with Gasteiger partial charge in [0.15, 0.2) is 0 Å². The van der Waals surface area contributed by atoms with Crippen LogP contribution < -0.4 is 5.32 Å². The molecule has 114 valence electrons. The SMILES string of the molecule is CCCNCC(C(C)C)N(CCOC)C(C)C1CC1. The van der Waals surface area contributed by atoms with Gasteiger partial charge in [-0.15, -0.1) is 0 Å². The molecule has 1 fully saturated rings. The molecule has 1 N–H and O–H groups in total. The van der Waals surface area contributed by atoms with E-state index in [1.807, 2.05) is 0 Å². The molecule has 3 nitrogen and oxygen atoms in total. The van der Waals surface area contributed by atoms with Gasteiger partial charge in [-0.3, -0.25) is 4.90 Å². The lowest BCUT2D eigenvalue weighted by Crippen LogP contribution is -2.51. The first-order valence-electron chi connectivity index (χ1n) is 8.07. The van der Waals surface area contributed by atoms with Crippen molar-refractivity contribution in [1.29, 1.82) is 0 Å². The molecule has 0 spiro atoms. The highest BCUT2D eigenvalue weighted by Gasteiger charge is 2.35. The van der Waals surface area contributed by atoms with Gasteiger partial charge in [-0.25, -0.2) is 0 Å². The number of rotatable bonds is 11. The monoisotopic (exact) mass is 270 g/mol. The van der Waals surface area contributed by atoms with E-state index in [1.165, 1.54) is 19.3 Å². The van der Waals surface area contributed by atoms with E-state index in [0.29, 0.717) is 18.0 Å². The van der Waals surface area contributed by atoms with Crippen LogP contribution in [0.4, 0.5) is 0 Å². The van der Waals surface area contributed by atoms with E-state index in [9.17, 15) is 0 Å². The number of hydrogen-bond donors (Lipinski definition) is 1. The van der Waals surface area contributed by atoms with Gasteiger partial charge in [0.25, 0.3) is 0 Å². The maximum Gasteiger partial charge on any atom is 0.0589 e. The third-order valence-electron chi connectivity index (χ3n) is 4.36. The minimum atomic E-state index is 0.622. The van der Waals surface area contributed by atoms with Crippen molar-refractivity contribution in [2.24, 2.45) is 11.8 Å². The van der Waals surface area contributed by atoms with Gasteiger partial charge < -0.3 is 10.1 Å². The summed E-state index contributed by atoms with van der Waals surface area (Å²) in [6.07, 6.45) is 4.04. The highest BCUT2D eigenvalue weighted by atomic mass is 16.5. The van der Waals surface area contributed by atoms with Gasteiger partial charge in [-0.1, -0.05) is 20.8 Å². The zero-order chi connectivity index (χ0) is 14.3. The summed E-state index contributed by atoms with van der Waals surface area (Å²) in [5.41, 5.74) is 0. The molecule has 0 heterocycles. The van der Waals surface area contributed by atoms with Crippen LogP contribution in [0.3, 0.4) is 0 Å². The standard InChI is InChI=1S/C16H34N2O/c1-6-9-17-12-16(13(2)3)18(10-11-19-5)14(4)15-7-8-15/h13-17H,6-12H2,1-5H3. The lowest BCUT2D eigenvalue weighted by molar-refractivity contribution is 0.0614. The molecule has 0 aliphatic heterocycles. The second-order valence-electron chi connectivity index (χ2n) is 6.32. The number of hydrogen-bond acceptors (Lipinski definition) is 3. The lowest BCUT2D eigenvalue weighted by atomic mass is 9.99. The molecular formula is C16H34N2O. The van der Waals surface area contributed by atoms with Gasteiger partial charge >= 0.3 is 0 Å². The molecule has 1 saturated carbocycles. The van der Waals surface area contributed by atoms with Crippen molar-refractivity contribution in [1.82, 2.24) is 10.2 Å². The van der Waals surface area contributed by atoms with Crippen molar-refractivity contribution in [2.75, 3.05) is 33.4 Å². The van der Waals surface area contributed by atoms with Crippen LogP contribution in [0.15, 0.2) is 0 Å². The quantitative estimate of drug-likeness (QED) is 0.584. The van der Waals surface area contributed by atoms with Crippen LogP contribution in [0.25, 0.3) is 0 Å². The Hall–Kier alpha value is -0.120. The Labute approximate surface area is 120 Å². The zero-order valence-electron chi connectivity index (χ0n) is 13.6. The largest absolute Gasteiger partial charge is 0.383 e. The van der Waals surface area contributed by atoms with Crippen molar-refractivity contribution in [3.05, 3.63) is 0 Å². The van der Waals surface area contributed by atoms with Crippen LogP contribution >= 0.6 is 0 Å². The van der Waals surface area contributed by atoms with E-state index in [4.69, 9.17) is 4.74 Å². The smallest absolute Gasteiger partial charge is 0.0589 e. The average Bonchev–Trinajstić information content (AvgIpc) is 3.20. The molecule has 0 saturated heterocycles. The Morgan fingerprint density at radius 3 is 2.42 bits per heavy atom. The van der Waals surface area contributed by atoms with Crippen molar-refractivity contribution < 1.29 is 4.74 Å². The fraction of sp³-hybridized carbons (Fsp3) is 1.00. The fourth-order valence-electron chi connectivity index (χ4n) is 2.88. The molecule has 0 aromatic carbocycles. The molecule has 0 radical (unpaired) electrons.